The molecule has 0 aliphatic heterocycles. The minimum Gasteiger partial charge on any atom is -0.492 e. The lowest BCUT2D eigenvalue weighted by atomic mass is 10.3. The zero-order chi connectivity index (χ0) is 14.6. The van der Waals surface area contributed by atoms with E-state index in [1.165, 1.54) is 6.07 Å². The molecule has 1 aromatic heterocycles. The molecule has 0 amide bonds. The van der Waals surface area contributed by atoms with Gasteiger partial charge in [-0.1, -0.05) is 49.4 Å². The van der Waals surface area contributed by atoms with Gasteiger partial charge in [-0.15, -0.1) is 0 Å². The van der Waals surface area contributed by atoms with Crippen LogP contribution in [0.2, 0.25) is 0 Å². The minimum atomic E-state index is -0.109. The van der Waals surface area contributed by atoms with Crippen LogP contribution in [0.4, 0.5) is 0 Å². The molecule has 0 unspecified atom stereocenters. The standard InChI is InChI=1S/C11H15NO2.C6H6/c1-3-8-14-10(4-2)9-6-5-7-11(13)12-9;1-2-4-6-5-3-1/h4-7H,3,8H2,1-2H3,(H,12,13);1-6H. The molecule has 0 saturated carbocycles. The summed E-state index contributed by atoms with van der Waals surface area (Å²) in [6.07, 6.45) is 2.80. The molecule has 106 valence electrons. The lowest BCUT2D eigenvalue weighted by Crippen LogP contribution is -2.07. The Morgan fingerprint density at radius 1 is 1.10 bits per heavy atom. The van der Waals surface area contributed by atoms with Crippen LogP contribution in [0.1, 0.15) is 26.0 Å². The minimum absolute atomic E-state index is 0.109. The number of H-pyrrole nitrogens is 1. The summed E-state index contributed by atoms with van der Waals surface area (Å²) in [6.45, 7) is 4.59. The quantitative estimate of drug-likeness (QED) is 0.858. The highest BCUT2D eigenvalue weighted by atomic mass is 16.5. The first-order chi connectivity index (χ1) is 9.77. The van der Waals surface area contributed by atoms with Crippen LogP contribution in [0.5, 0.6) is 0 Å². The van der Waals surface area contributed by atoms with Gasteiger partial charge >= 0.3 is 0 Å². The second-order valence-electron chi connectivity index (χ2n) is 4.08. The van der Waals surface area contributed by atoms with Gasteiger partial charge in [0.15, 0.2) is 0 Å². The molecular formula is C17H21NO2. The summed E-state index contributed by atoms with van der Waals surface area (Å²) < 4.78 is 5.47. The van der Waals surface area contributed by atoms with E-state index < -0.39 is 0 Å². The Labute approximate surface area is 119 Å². The van der Waals surface area contributed by atoms with Gasteiger partial charge in [-0.2, -0.15) is 0 Å². The summed E-state index contributed by atoms with van der Waals surface area (Å²) in [5.74, 6) is 0.726. The highest BCUT2D eigenvalue weighted by Crippen LogP contribution is 2.11. The number of ether oxygens (including phenoxy) is 1. The molecule has 3 heteroatoms. The molecule has 0 radical (unpaired) electrons. The SMILES string of the molecule is CC=C(OCCC)c1cccc(=O)[nH]1.c1ccccc1. The first-order valence-corrected chi connectivity index (χ1v) is 6.76. The van der Waals surface area contributed by atoms with Gasteiger partial charge in [-0.3, -0.25) is 4.79 Å². The fourth-order valence-corrected chi connectivity index (χ4v) is 1.51. The van der Waals surface area contributed by atoms with Crippen molar-refractivity contribution < 1.29 is 4.74 Å². The van der Waals surface area contributed by atoms with Crippen molar-refractivity contribution >= 4 is 5.76 Å². The molecule has 0 fully saturated rings. The third-order valence-corrected chi connectivity index (χ3v) is 2.42. The largest absolute Gasteiger partial charge is 0.492 e. The summed E-state index contributed by atoms with van der Waals surface area (Å²) in [6, 6.07) is 17.0. The van der Waals surface area contributed by atoms with Gasteiger partial charge in [0.1, 0.15) is 5.76 Å². The van der Waals surface area contributed by atoms with Gasteiger partial charge in [0.25, 0.3) is 0 Å². The molecule has 3 nitrogen and oxygen atoms in total. The molecular weight excluding hydrogens is 250 g/mol. The number of aromatic nitrogens is 1. The Hall–Kier alpha value is -2.29. The highest BCUT2D eigenvalue weighted by Gasteiger charge is 2.00. The molecule has 2 rings (SSSR count). The van der Waals surface area contributed by atoms with Crippen LogP contribution in [-0.2, 0) is 4.74 Å². The third-order valence-electron chi connectivity index (χ3n) is 2.42. The fraction of sp³-hybridized carbons (Fsp3) is 0.235. The van der Waals surface area contributed by atoms with Crippen LogP contribution in [-0.4, -0.2) is 11.6 Å². The van der Waals surface area contributed by atoms with E-state index in [1.807, 2.05) is 62.4 Å². The summed E-state index contributed by atoms with van der Waals surface area (Å²) in [5, 5.41) is 0. The van der Waals surface area contributed by atoms with E-state index in [0.29, 0.717) is 6.61 Å². The normalized spacial score (nSPS) is 10.4. The van der Waals surface area contributed by atoms with Gasteiger partial charge in [-0.05, 0) is 25.5 Å². The van der Waals surface area contributed by atoms with E-state index in [0.717, 1.165) is 17.9 Å². The van der Waals surface area contributed by atoms with Gasteiger partial charge in [0.05, 0.1) is 12.3 Å². The lowest BCUT2D eigenvalue weighted by molar-refractivity contribution is 0.275. The van der Waals surface area contributed by atoms with Crippen molar-refractivity contribution in [3.63, 3.8) is 0 Å². The zero-order valence-electron chi connectivity index (χ0n) is 12.0. The van der Waals surface area contributed by atoms with Crippen molar-refractivity contribution in [2.24, 2.45) is 0 Å². The third kappa shape index (κ3) is 6.05. The Balaban J connectivity index is 0.000000276. The van der Waals surface area contributed by atoms with Crippen LogP contribution in [0.15, 0.2) is 65.5 Å². The molecule has 1 N–H and O–H groups in total. The molecule has 1 aromatic carbocycles. The van der Waals surface area contributed by atoms with Gasteiger partial charge in [-0.25, -0.2) is 0 Å². The summed E-state index contributed by atoms with van der Waals surface area (Å²) in [7, 11) is 0. The van der Waals surface area contributed by atoms with Crippen molar-refractivity contribution in [3.05, 3.63) is 76.7 Å². The molecule has 0 aliphatic rings. The van der Waals surface area contributed by atoms with E-state index in [-0.39, 0.29) is 5.56 Å². The smallest absolute Gasteiger partial charge is 0.248 e. The first-order valence-electron chi connectivity index (χ1n) is 6.76. The number of aromatic amines is 1. The first kappa shape index (κ1) is 15.8. The van der Waals surface area contributed by atoms with Gasteiger partial charge in [0.2, 0.25) is 5.56 Å². The predicted octanol–water partition coefficient (Wildman–Crippen LogP) is 3.85. The number of hydrogen-bond acceptors (Lipinski definition) is 2. The Kier molecular flexibility index (Phi) is 7.58. The molecule has 2 aromatic rings. The van der Waals surface area contributed by atoms with Crippen molar-refractivity contribution in [1.29, 1.82) is 0 Å². The number of benzene rings is 1. The van der Waals surface area contributed by atoms with Crippen molar-refractivity contribution in [2.75, 3.05) is 6.61 Å². The fourth-order valence-electron chi connectivity index (χ4n) is 1.51. The van der Waals surface area contributed by atoms with Crippen LogP contribution >= 0.6 is 0 Å². The second-order valence-corrected chi connectivity index (χ2v) is 4.08. The Bertz CT molecular complexity index is 532. The van der Waals surface area contributed by atoms with E-state index in [4.69, 9.17) is 4.74 Å². The second kappa shape index (κ2) is 9.62. The summed E-state index contributed by atoms with van der Waals surface area (Å²) in [4.78, 5) is 13.8. The average molecular weight is 271 g/mol. The molecule has 0 saturated heterocycles. The number of pyridine rings is 1. The molecule has 1 heterocycles. The van der Waals surface area contributed by atoms with E-state index in [2.05, 4.69) is 4.98 Å². The van der Waals surface area contributed by atoms with Crippen LogP contribution in [0.3, 0.4) is 0 Å². The van der Waals surface area contributed by atoms with E-state index >= 15 is 0 Å². The monoisotopic (exact) mass is 271 g/mol. The molecule has 0 spiro atoms. The Morgan fingerprint density at radius 2 is 1.70 bits per heavy atom. The van der Waals surface area contributed by atoms with Crippen molar-refractivity contribution in [3.8, 4) is 0 Å². The molecule has 0 bridgehead atoms. The molecule has 0 atom stereocenters. The number of nitrogens with one attached hydrogen (secondary N) is 1. The maximum atomic E-state index is 11.0. The van der Waals surface area contributed by atoms with Crippen LogP contribution < -0.4 is 5.56 Å². The van der Waals surface area contributed by atoms with Gasteiger partial charge in [0, 0.05) is 6.07 Å². The summed E-state index contributed by atoms with van der Waals surface area (Å²) in [5.41, 5.74) is 0.621. The highest BCUT2D eigenvalue weighted by molar-refractivity contribution is 5.55. The van der Waals surface area contributed by atoms with Crippen LogP contribution in [0.25, 0.3) is 5.76 Å². The molecule has 20 heavy (non-hydrogen) atoms. The zero-order valence-corrected chi connectivity index (χ0v) is 12.0. The molecule has 0 aliphatic carbocycles. The van der Waals surface area contributed by atoms with Crippen molar-refractivity contribution in [2.45, 2.75) is 20.3 Å². The van der Waals surface area contributed by atoms with Crippen LogP contribution in [0, 0.1) is 0 Å². The maximum Gasteiger partial charge on any atom is 0.248 e. The maximum absolute atomic E-state index is 11.0. The number of rotatable bonds is 4. The van der Waals surface area contributed by atoms with Crippen molar-refractivity contribution in [1.82, 2.24) is 4.98 Å². The van der Waals surface area contributed by atoms with Gasteiger partial charge < -0.3 is 9.72 Å². The Morgan fingerprint density at radius 3 is 2.15 bits per heavy atom. The lowest BCUT2D eigenvalue weighted by Gasteiger charge is -2.08. The topological polar surface area (TPSA) is 42.1 Å². The average Bonchev–Trinajstić information content (AvgIpc) is 2.50. The van der Waals surface area contributed by atoms with E-state index in [1.54, 1.807) is 6.07 Å². The number of hydrogen-bond donors (Lipinski definition) is 1. The van der Waals surface area contributed by atoms with E-state index in [9.17, 15) is 4.79 Å². The predicted molar refractivity (Wildman–Crippen MR) is 83.4 cm³/mol. The number of allylic oxidation sites excluding steroid dienone is 1. The summed E-state index contributed by atoms with van der Waals surface area (Å²) >= 11 is 0.